The zero-order valence-corrected chi connectivity index (χ0v) is 5.02. The summed E-state index contributed by atoms with van der Waals surface area (Å²) in [6, 6.07) is 0. The van der Waals surface area contributed by atoms with Crippen LogP contribution < -0.4 is 0 Å². The first kappa shape index (κ1) is 3.94. The van der Waals surface area contributed by atoms with Crippen molar-refractivity contribution in [2.75, 3.05) is 0 Å². The molecule has 2 atom stereocenters. The van der Waals surface area contributed by atoms with Crippen LogP contribution in [0, 0.1) is 23.7 Å². The van der Waals surface area contributed by atoms with Crippen molar-refractivity contribution in [2.45, 2.75) is 20.3 Å². The Morgan fingerprint density at radius 2 is 1.86 bits per heavy atom. The largest absolute Gasteiger partial charge is 0.0651 e. The fourth-order valence-corrected chi connectivity index (χ4v) is 2.13. The summed E-state index contributed by atoms with van der Waals surface area (Å²) < 4.78 is 0. The molecule has 0 N–H and O–H groups in total. The van der Waals surface area contributed by atoms with Crippen LogP contribution in [0.5, 0.6) is 0 Å². The molecule has 2 fully saturated rings. The number of fused-ring (bicyclic) bond motifs is 1. The summed E-state index contributed by atoms with van der Waals surface area (Å²) in [7, 11) is 0. The maximum atomic E-state index is 2.38. The van der Waals surface area contributed by atoms with Gasteiger partial charge in [-0.3, -0.25) is 0 Å². The second-order valence-corrected chi connectivity index (χ2v) is 3.09. The molecule has 2 aliphatic carbocycles. The first-order valence-electron chi connectivity index (χ1n) is 3.36. The molecule has 0 heteroatoms. The Morgan fingerprint density at radius 3 is 2.00 bits per heavy atom. The average molecular weight is 96.2 g/mol. The quantitative estimate of drug-likeness (QED) is 0.467. The van der Waals surface area contributed by atoms with Gasteiger partial charge in [-0.05, 0) is 23.7 Å². The highest BCUT2D eigenvalue weighted by Gasteiger charge is 2.69. The third kappa shape index (κ3) is 0.296. The van der Waals surface area contributed by atoms with Crippen LogP contribution in [0.1, 0.15) is 20.3 Å². The van der Waals surface area contributed by atoms with Crippen molar-refractivity contribution in [3.05, 3.63) is 0 Å². The first-order chi connectivity index (χ1) is 3.36. The van der Waals surface area contributed by atoms with Gasteiger partial charge in [0, 0.05) is 0 Å². The number of hydrogen-bond acceptors (Lipinski definition) is 0. The van der Waals surface area contributed by atoms with Gasteiger partial charge in [0.05, 0.1) is 0 Å². The Kier molecular flexibility index (Phi) is 0.499. The first-order valence-corrected chi connectivity index (χ1v) is 3.36. The van der Waals surface area contributed by atoms with E-state index in [2.05, 4.69) is 13.8 Å². The minimum absolute atomic E-state index is 1.13. The number of hydrogen-bond donors (Lipinski definition) is 0. The van der Waals surface area contributed by atoms with Crippen molar-refractivity contribution in [1.82, 2.24) is 0 Å². The lowest BCUT2D eigenvalue weighted by atomic mass is 10.1. The molecule has 2 rings (SSSR count). The van der Waals surface area contributed by atoms with Gasteiger partial charge in [-0.2, -0.15) is 0 Å². The molecule has 0 spiro atoms. The molecule has 0 aliphatic heterocycles. The molecule has 0 nitrogen and oxygen atoms in total. The summed E-state index contributed by atoms with van der Waals surface area (Å²) in [6.45, 7) is 4.69. The molecule has 2 aliphatic rings. The second-order valence-electron chi connectivity index (χ2n) is 3.09. The second kappa shape index (κ2) is 0.888. The van der Waals surface area contributed by atoms with Gasteiger partial charge in [0.25, 0.3) is 0 Å². The van der Waals surface area contributed by atoms with E-state index in [0.29, 0.717) is 0 Å². The van der Waals surface area contributed by atoms with Crippen molar-refractivity contribution >= 4 is 0 Å². The molecule has 0 radical (unpaired) electrons. The number of rotatable bonds is 1. The minimum atomic E-state index is 1.13. The van der Waals surface area contributed by atoms with Crippen LogP contribution in [0.2, 0.25) is 0 Å². The summed E-state index contributed by atoms with van der Waals surface area (Å²) in [6.07, 6.45) is 1.44. The molecular formula is C7H12. The smallest absolute Gasteiger partial charge is 0.0321 e. The molecule has 2 unspecified atom stereocenters. The van der Waals surface area contributed by atoms with E-state index in [1.807, 2.05) is 0 Å². The molecule has 0 saturated heterocycles. The van der Waals surface area contributed by atoms with Crippen LogP contribution in [0.15, 0.2) is 0 Å². The van der Waals surface area contributed by atoms with Crippen molar-refractivity contribution < 1.29 is 0 Å². The van der Waals surface area contributed by atoms with Crippen molar-refractivity contribution in [2.24, 2.45) is 23.7 Å². The zero-order chi connectivity index (χ0) is 5.02. The van der Waals surface area contributed by atoms with Gasteiger partial charge in [-0.15, -0.1) is 0 Å². The van der Waals surface area contributed by atoms with Gasteiger partial charge < -0.3 is 0 Å². The predicted octanol–water partition coefficient (Wildman–Crippen LogP) is 1.91. The summed E-state index contributed by atoms with van der Waals surface area (Å²) in [5.74, 6) is 4.70. The van der Waals surface area contributed by atoms with Crippen LogP contribution in [0.25, 0.3) is 0 Å². The standard InChI is InChI=1S/C7H12/c1-3-5-6-4(2)7(5)6/h4-7H,3H2,1-2H3. The van der Waals surface area contributed by atoms with Crippen LogP contribution in [0.3, 0.4) is 0 Å². The Balaban J connectivity index is 1.88. The lowest BCUT2D eigenvalue weighted by Crippen LogP contribution is -1.93. The molecule has 7 heavy (non-hydrogen) atoms. The molecule has 0 aromatic heterocycles. The van der Waals surface area contributed by atoms with Crippen molar-refractivity contribution in [3.63, 3.8) is 0 Å². The van der Waals surface area contributed by atoms with Crippen LogP contribution in [-0.4, -0.2) is 0 Å². The topological polar surface area (TPSA) is 0 Å². The van der Waals surface area contributed by atoms with E-state index in [4.69, 9.17) is 0 Å². The Hall–Kier alpha value is 0. The highest BCUT2D eigenvalue weighted by atomic mass is 14.7. The zero-order valence-electron chi connectivity index (χ0n) is 5.02. The van der Waals surface area contributed by atoms with Gasteiger partial charge in [0.1, 0.15) is 0 Å². The van der Waals surface area contributed by atoms with E-state index in [9.17, 15) is 0 Å². The molecular weight excluding hydrogens is 84.1 g/mol. The van der Waals surface area contributed by atoms with Crippen molar-refractivity contribution in [3.8, 4) is 0 Å². The average Bonchev–Trinajstić information content (AvgIpc) is 2.47. The van der Waals surface area contributed by atoms with Crippen LogP contribution in [0.4, 0.5) is 0 Å². The third-order valence-corrected chi connectivity index (χ3v) is 2.84. The van der Waals surface area contributed by atoms with E-state index >= 15 is 0 Å². The van der Waals surface area contributed by atoms with Crippen LogP contribution in [-0.2, 0) is 0 Å². The fourth-order valence-electron chi connectivity index (χ4n) is 2.13. The highest BCUT2D eigenvalue weighted by molar-refractivity contribution is 5.16. The van der Waals surface area contributed by atoms with Gasteiger partial charge in [-0.25, -0.2) is 0 Å². The monoisotopic (exact) mass is 96.1 g/mol. The maximum absolute atomic E-state index is 2.38. The van der Waals surface area contributed by atoms with Gasteiger partial charge in [0.15, 0.2) is 0 Å². The van der Waals surface area contributed by atoms with Gasteiger partial charge in [0.2, 0.25) is 0 Å². The van der Waals surface area contributed by atoms with Crippen LogP contribution >= 0.6 is 0 Å². The molecule has 0 aromatic rings. The highest BCUT2D eigenvalue weighted by Crippen LogP contribution is 2.73. The fraction of sp³-hybridized carbons (Fsp3) is 1.00. The molecule has 0 heterocycles. The molecule has 0 bridgehead atoms. The van der Waals surface area contributed by atoms with E-state index < -0.39 is 0 Å². The summed E-state index contributed by atoms with van der Waals surface area (Å²) in [5.41, 5.74) is 0. The normalized spacial score (nSPS) is 64.3. The Morgan fingerprint density at radius 1 is 1.29 bits per heavy atom. The lowest BCUT2D eigenvalue weighted by molar-refractivity contribution is 0.491. The van der Waals surface area contributed by atoms with E-state index in [0.717, 1.165) is 5.92 Å². The Labute approximate surface area is 44.9 Å². The van der Waals surface area contributed by atoms with E-state index in [1.54, 1.807) is 0 Å². The lowest BCUT2D eigenvalue weighted by Gasteiger charge is -2.00. The molecule has 40 valence electrons. The van der Waals surface area contributed by atoms with E-state index in [-0.39, 0.29) is 0 Å². The van der Waals surface area contributed by atoms with Crippen molar-refractivity contribution in [1.29, 1.82) is 0 Å². The summed E-state index contributed by atoms with van der Waals surface area (Å²) >= 11 is 0. The van der Waals surface area contributed by atoms with Gasteiger partial charge in [-0.1, -0.05) is 20.3 Å². The SMILES string of the molecule is CCC1C2C(C)C12. The summed E-state index contributed by atoms with van der Waals surface area (Å²) in [4.78, 5) is 0. The molecule has 2 saturated carbocycles. The molecule has 0 aromatic carbocycles. The van der Waals surface area contributed by atoms with Gasteiger partial charge >= 0.3 is 0 Å². The third-order valence-electron chi connectivity index (χ3n) is 2.84. The summed E-state index contributed by atoms with van der Waals surface area (Å²) in [5, 5.41) is 0. The minimum Gasteiger partial charge on any atom is -0.0651 e. The Bertz CT molecular complexity index is 79.5. The molecule has 0 amide bonds. The predicted molar refractivity (Wildman–Crippen MR) is 29.9 cm³/mol. The maximum Gasteiger partial charge on any atom is -0.0321 e. The van der Waals surface area contributed by atoms with E-state index in [1.165, 1.54) is 24.2 Å².